The second-order valence-corrected chi connectivity index (χ2v) is 19.3. The fourth-order valence-electron chi connectivity index (χ4n) is 11.4. The van der Waals surface area contributed by atoms with Crippen molar-refractivity contribution in [3.63, 3.8) is 0 Å². The molecule has 1 atom stereocenters. The lowest BCUT2D eigenvalue weighted by Crippen LogP contribution is -2.74. The van der Waals surface area contributed by atoms with Gasteiger partial charge in [0.25, 0.3) is 11.8 Å². The number of aromatic nitrogens is 1. The Morgan fingerprint density at radius 3 is 2.31 bits per heavy atom. The number of benzene rings is 3. The van der Waals surface area contributed by atoms with Crippen LogP contribution < -0.4 is 35.5 Å². The third-order valence-electron chi connectivity index (χ3n) is 14.5. The first-order valence-electron chi connectivity index (χ1n) is 22.5. The second kappa shape index (κ2) is 16.8. The monoisotopic (exact) mass is 886 g/mol. The molecule has 5 heterocycles. The Morgan fingerprint density at radius 2 is 1.63 bits per heavy atom. The molecule has 4 aliphatic heterocycles. The number of carbonyl (C=O) groups is 4. The van der Waals surface area contributed by atoms with Gasteiger partial charge in [0.05, 0.1) is 29.4 Å². The smallest absolute Gasteiger partial charge is 0.258 e. The number of nitrogens with zero attached hydrogens (tertiary/aromatic N) is 5. The highest BCUT2D eigenvalue weighted by atomic mass is 19.1. The maximum Gasteiger partial charge on any atom is 0.258 e. The van der Waals surface area contributed by atoms with Crippen LogP contribution in [0.5, 0.6) is 11.5 Å². The van der Waals surface area contributed by atoms with Gasteiger partial charge in [-0.15, -0.1) is 0 Å². The number of methoxy groups -OCH3 is 1. The van der Waals surface area contributed by atoms with Crippen LogP contribution in [0.2, 0.25) is 0 Å². The lowest BCUT2D eigenvalue weighted by Gasteiger charge is -2.63. The standard InChI is InChI=1S/C49H55FN8O7/c1-48(2)46(49(3,4)47(48)65-37-11-7-30(25-51)42-33(37)8-12-39(59)52-42)54-43(61)29-6-9-35(34(50)23-29)57-16-14-28(15-17-57)26-55-18-20-56(21-19-55)32-22-31-27-58(36-10-13-40(60)53-44(36)62)45(63)41(31)38(24-32)64-5/h6-9,11-12,22-24,28,36,46-47H,10,13-21,26-27H2,1-5H3,(H,52,59)(H,54,61)(H,53,60,62). The Balaban J connectivity index is 0.762. The van der Waals surface area contributed by atoms with Crippen molar-refractivity contribution in [2.75, 3.05) is 62.7 Å². The summed E-state index contributed by atoms with van der Waals surface area (Å²) in [6, 6.07) is 16.2. The highest BCUT2D eigenvalue weighted by Gasteiger charge is 2.64. The minimum absolute atomic E-state index is 0.199. The molecular weight excluding hydrogens is 832 g/mol. The van der Waals surface area contributed by atoms with Crippen LogP contribution in [0.3, 0.4) is 0 Å². The number of anilines is 2. The lowest BCUT2D eigenvalue weighted by molar-refractivity contribution is -0.163. The van der Waals surface area contributed by atoms with Crippen LogP contribution in [0, 0.1) is 33.9 Å². The van der Waals surface area contributed by atoms with Gasteiger partial charge in [-0.05, 0) is 73.2 Å². The van der Waals surface area contributed by atoms with E-state index in [9.17, 15) is 29.2 Å². The zero-order valence-electron chi connectivity index (χ0n) is 37.5. The van der Waals surface area contributed by atoms with Crippen LogP contribution >= 0.6 is 0 Å². The molecule has 4 fully saturated rings. The molecule has 0 spiro atoms. The van der Waals surface area contributed by atoms with Gasteiger partial charge in [0.2, 0.25) is 17.4 Å². The fraction of sp³-hybridized carbons (Fsp3) is 0.469. The third kappa shape index (κ3) is 7.93. The molecule has 1 unspecified atom stereocenters. The Bertz CT molecular complexity index is 2680. The molecule has 5 aliphatic rings. The van der Waals surface area contributed by atoms with Crippen molar-refractivity contribution in [3.8, 4) is 17.6 Å². The number of ether oxygens (including phenoxy) is 2. The molecule has 1 saturated carbocycles. The summed E-state index contributed by atoms with van der Waals surface area (Å²) in [5.74, 6) is -0.310. The van der Waals surface area contributed by atoms with Crippen LogP contribution in [0.25, 0.3) is 10.9 Å². The SMILES string of the molecule is COc1cc(N2CCN(CC3CCN(c4ccc(C(=O)NC5C(C)(C)C(Oc6ccc(C#N)c7[nH]c(=O)ccc67)C5(C)C)cc4F)CC3)CC2)cc2c1C(=O)N(C1CCC(=O)NC1=O)C2. The number of rotatable bonds is 10. The average Bonchev–Trinajstić information content (AvgIpc) is 3.62. The maximum absolute atomic E-state index is 15.8. The van der Waals surface area contributed by atoms with E-state index in [2.05, 4.69) is 36.4 Å². The summed E-state index contributed by atoms with van der Waals surface area (Å²) >= 11 is 0. The van der Waals surface area contributed by atoms with E-state index < -0.39 is 28.6 Å². The highest BCUT2D eigenvalue weighted by molar-refractivity contribution is 6.07. The van der Waals surface area contributed by atoms with E-state index in [1.165, 1.54) is 12.1 Å². The summed E-state index contributed by atoms with van der Waals surface area (Å²) in [6.07, 6.45) is 2.02. The number of aromatic amines is 1. The number of hydrogen-bond acceptors (Lipinski definition) is 11. The van der Waals surface area contributed by atoms with E-state index in [1.54, 1.807) is 42.3 Å². The number of nitriles is 1. The molecule has 9 rings (SSSR count). The molecule has 15 nitrogen and oxygen atoms in total. The number of carbonyl (C=O) groups excluding carboxylic acids is 4. The average molecular weight is 887 g/mol. The van der Waals surface area contributed by atoms with Crippen LogP contribution in [-0.2, 0) is 16.1 Å². The van der Waals surface area contributed by atoms with Crippen LogP contribution in [0.1, 0.15) is 85.2 Å². The van der Waals surface area contributed by atoms with Crippen LogP contribution in [0.4, 0.5) is 15.8 Å². The van der Waals surface area contributed by atoms with Gasteiger partial charge < -0.3 is 34.5 Å². The minimum Gasteiger partial charge on any atom is -0.496 e. The maximum atomic E-state index is 15.8. The quantitative estimate of drug-likeness (QED) is 0.183. The van der Waals surface area contributed by atoms with Gasteiger partial charge in [-0.1, -0.05) is 27.7 Å². The predicted molar refractivity (Wildman–Crippen MR) is 242 cm³/mol. The van der Waals surface area contributed by atoms with E-state index in [-0.39, 0.29) is 54.0 Å². The van der Waals surface area contributed by atoms with Crippen molar-refractivity contribution in [3.05, 3.63) is 93.0 Å². The summed E-state index contributed by atoms with van der Waals surface area (Å²) in [4.78, 5) is 74.6. The van der Waals surface area contributed by atoms with Crippen LogP contribution in [-0.4, -0.2) is 110 Å². The molecule has 0 bridgehead atoms. The number of piperidine rings is 2. The minimum atomic E-state index is -0.688. The van der Waals surface area contributed by atoms with E-state index >= 15 is 4.39 Å². The van der Waals surface area contributed by atoms with Crippen molar-refractivity contribution in [2.45, 2.75) is 78.1 Å². The number of pyridine rings is 1. The van der Waals surface area contributed by atoms with Gasteiger partial charge in [-0.2, -0.15) is 5.26 Å². The first-order valence-corrected chi connectivity index (χ1v) is 22.5. The van der Waals surface area contributed by atoms with Crippen molar-refractivity contribution < 1.29 is 33.0 Å². The molecular formula is C49H55FN8O7. The molecule has 1 aliphatic carbocycles. The molecule has 4 amide bonds. The van der Waals surface area contributed by atoms with Gasteiger partial charge in [0.1, 0.15) is 35.5 Å². The topological polar surface area (TPSA) is 180 Å². The Labute approximate surface area is 376 Å². The van der Waals surface area contributed by atoms with Gasteiger partial charge in [-0.3, -0.25) is 34.2 Å². The number of nitrogens with one attached hydrogen (secondary N) is 3. The van der Waals surface area contributed by atoms with Crippen molar-refractivity contribution in [1.82, 2.24) is 25.4 Å². The van der Waals surface area contributed by atoms with Gasteiger partial charge in [0.15, 0.2) is 0 Å². The number of imide groups is 1. The third-order valence-corrected chi connectivity index (χ3v) is 14.5. The van der Waals surface area contributed by atoms with E-state index in [0.29, 0.717) is 64.6 Å². The Hall–Kier alpha value is -6.47. The summed E-state index contributed by atoms with van der Waals surface area (Å²) in [5.41, 5.74) is 2.43. The van der Waals surface area contributed by atoms with Crippen molar-refractivity contribution in [2.24, 2.45) is 16.7 Å². The highest BCUT2D eigenvalue weighted by Crippen LogP contribution is 2.56. The second-order valence-electron chi connectivity index (χ2n) is 19.3. The molecule has 340 valence electrons. The molecule has 3 aromatic carbocycles. The number of amides is 4. The van der Waals surface area contributed by atoms with Crippen LogP contribution in [0.15, 0.2) is 59.4 Å². The normalized spacial score (nSPS) is 23.1. The van der Waals surface area contributed by atoms with E-state index in [0.717, 1.165) is 56.8 Å². The first kappa shape index (κ1) is 43.8. The van der Waals surface area contributed by atoms with Gasteiger partial charge in [0, 0.05) is 104 Å². The van der Waals surface area contributed by atoms with Crippen molar-refractivity contribution in [1.29, 1.82) is 5.26 Å². The number of hydrogen-bond donors (Lipinski definition) is 3. The molecule has 3 saturated heterocycles. The lowest BCUT2D eigenvalue weighted by atomic mass is 9.49. The fourth-order valence-corrected chi connectivity index (χ4v) is 11.4. The number of halogens is 1. The van der Waals surface area contributed by atoms with Gasteiger partial charge >= 0.3 is 0 Å². The van der Waals surface area contributed by atoms with E-state index in [4.69, 9.17) is 9.47 Å². The molecule has 65 heavy (non-hydrogen) atoms. The van der Waals surface area contributed by atoms with Gasteiger partial charge in [-0.25, -0.2) is 4.39 Å². The zero-order chi connectivity index (χ0) is 45.9. The molecule has 3 N–H and O–H groups in total. The largest absolute Gasteiger partial charge is 0.496 e. The summed E-state index contributed by atoms with van der Waals surface area (Å²) in [5, 5.41) is 15.7. The van der Waals surface area contributed by atoms with E-state index in [1.807, 2.05) is 39.8 Å². The number of piperazine rings is 1. The first-order chi connectivity index (χ1) is 31.1. The molecule has 4 aromatic rings. The molecule has 0 radical (unpaired) electrons. The Kier molecular flexibility index (Phi) is 11.3. The Morgan fingerprint density at radius 1 is 0.892 bits per heavy atom. The van der Waals surface area contributed by atoms with Crippen molar-refractivity contribution >= 4 is 45.9 Å². The number of fused-ring (bicyclic) bond motifs is 2. The summed E-state index contributed by atoms with van der Waals surface area (Å²) in [7, 11) is 1.55. The molecule has 16 heteroatoms. The summed E-state index contributed by atoms with van der Waals surface area (Å²) in [6.45, 7) is 14.1. The zero-order valence-corrected chi connectivity index (χ0v) is 37.5. The molecule has 1 aromatic heterocycles. The predicted octanol–water partition coefficient (Wildman–Crippen LogP) is 4.96. The summed E-state index contributed by atoms with van der Waals surface area (Å²) < 4.78 is 28.1. The number of H-pyrrole nitrogens is 1.